The smallest absolute Gasteiger partial charge is 0.272 e. The van der Waals surface area contributed by atoms with Crippen molar-refractivity contribution in [1.82, 2.24) is 0 Å². The second-order valence-electron chi connectivity index (χ2n) is 12.2. The van der Waals surface area contributed by atoms with Gasteiger partial charge in [0.2, 0.25) is 0 Å². The number of furan rings is 1. The summed E-state index contributed by atoms with van der Waals surface area (Å²) in [5.41, 5.74) is -0.724. The molecule has 1 saturated carbocycles. The molecular formula is C34H24O10. The van der Waals surface area contributed by atoms with Crippen LogP contribution in [0.25, 0.3) is 22.3 Å². The molecule has 1 spiro atoms. The van der Waals surface area contributed by atoms with E-state index in [1.54, 1.807) is 37.3 Å². The van der Waals surface area contributed by atoms with Crippen molar-refractivity contribution < 1.29 is 49.0 Å². The van der Waals surface area contributed by atoms with E-state index in [1.165, 1.54) is 42.5 Å². The number of hydrogen-bond acceptors (Lipinski definition) is 10. The first-order valence-electron chi connectivity index (χ1n) is 14.1. The fourth-order valence-corrected chi connectivity index (χ4v) is 7.69. The zero-order valence-electron chi connectivity index (χ0n) is 23.1. The van der Waals surface area contributed by atoms with Crippen LogP contribution >= 0.6 is 0 Å². The molecule has 4 heterocycles. The van der Waals surface area contributed by atoms with Crippen molar-refractivity contribution in [3.8, 4) is 51.6 Å². The van der Waals surface area contributed by atoms with E-state index < -0.39 is 28.8 Å². The minimum Gasteiger partial charge on any atom is -0.508 e. The lowest BCUT2D eigenvalue weighted by molar-refractivity contribution is -0.145. The van der Waals surface area contributed by atoms with Gasteiger partial charge in [-0.25, -0.2) is 0 Å². The van der Waals surface area contributed by atoms with E-state index >= 15 is 0 Å². The summed E-state index contributed by atoms with van der Waals surface area (Å²) in [7, 11) is 0. The van der Waals surface area contributed by atoms with Gasteiger partial charge in [-0.05, 0) is 55.5 Å². The maximum atomic E-state index is 14.6. The third-order valence-corrected chi connectivity index (χ3v) is 9.60. The van der Waals surface area contributed by atoms with E-state index in [9.17, 15) is 30.3 Å². The van der Waals surface area contributed by atoms with Crippen molar-refractivity contribution >= 4 is 16.8 Å². The summed E-state index contributed by atoms with van der Waals surface area (Å²) >= 11 is 0. The van der Waals surface area contributed by atoms with Gasteiger partial charge in [0.25, 0.3) is 5.79 Å². The fourth-order valence-electron chi connectivity index (χ4n) is 7.69. The highest BCUT2D eigenvalue weighted by atomic mass is 16.8. The summed E-state index contributed by atoms with van der Waals surface area (Å²) in [5.74, 6) is -3.40. The number of aromatic hydroxyl groups is 5. The van der Waals surface area contributed by atoms with Gasteiger partial charge in [0.1, 0.15) is 51.6 Å². The average Bonchev–Trinajstić information content (AvgIpc) is 3.46. The summed E-state index contributed by atoms with van der Waals surface area (Å²) in [6.07, 6.45) is 0.226. The Labute approximate surface area is 248 Å². The van der Waals surface area contributed by atoms with E-state index in [4.69, 9.17) is 18.6 Å². The van der Waals surface area contributed by atoms with E-state index in [0.29, 0.717) is 28.2 Å². The predicted octanol–water partition coefficient (Wildman–Crippen LogP) is 5.63. The van der Waals surface area contributed by atoms with Crippen LogP contribution in [0.4, 0.5) is 0 Å². The summed E-state index contributed by atoms with van der Waals surface area (Å²) in [4.78, 5) is 14.6. The molecule has 10 heteroatoms. The van der Waals surface area contributed by atoms with Crippen LogP contribution in [0.15, 0.2) is 77.2 Å². The van der Waals surface area contributed by atoms with Gasteiger partial charge in [-0.2, -0.15) is 0 Å². The Bertz CT molecular complexity index is 2120. The monoisotopic (exact) mass is 592 g/mol. The molecule has 3 aliphatic heterocycles. The van der Waals surface area contributed by atoms with Crippen LogP contribution < -0.4 is 9.47 Å². The number of hydrogen-bond donors (Lipinski definition) is 5. The summed E-state index contributed by atoms with van der Waals surface area (Å²) < 4.78 is 25.5. The third kappa shape index (κ3) is 2.95. The molecule has 5 aromatic rings. The van der Waals surface area contributed by atoms with Gasteiger partial charge in [-0.3, -0.25) is 4.79 Å². The van der Waals surface area contributed by atoms with Crippen molar-refractivity contribution in [3.63, 3.8) is 0 Å². The number of epoxide rings is 1. The van der Waals surface area contributed by atoms with Crippen LogP contribution in [0.2, 0.25) is 0 Å². The highest BCUT2D eigenvalue weighted by Crippen LogP contribution is 2.78. The molecule has 2 fully saturated rings. The standard InChI is InChI=1S/C34H24O10/c1-32-14-22(20-6-4-19(37)13-27(20)42-32)33-30(31(32)40)29-24(39)8-16(25-9-15-2-3-18(36)12-26(15)41-25)10-28(29)43-34(33,44-33)21-7-5-17(35)11-23(21)38/h2-13,22,30,35-39H,14H2,1H3. The molecule has 0 amide bonds. The number of fused-ring (bicyclic) bond motifs is 7. The number of carbonyl (C=O) groups excluding carboxylic acids is 1. The summed E-state index contributed by atoms with van der Waals surface area (Å²) in [6.45, 7) is 1.69. The van der Waals surface area contributed by atoms with E-state index in [2.05, 4.69) is 0 Å². The van der Waals surface area contributed by atoms with E-state index in [-0.39, 0.29) is 57.8 Å². The van der Waals surface area contributed by atoms with Crippen LogP contribution in [0.3, 0.4) is 0 Å². The fraction of sp³-hybridized carbons (Fsp3) is 0.206. The number of benzene rings is 4. The third-order valence-electron chi connectivity index (χ3n) is 9.60. The lowest BCUT2D eigenvalue weighted by Gasteiger charge is -2.51. The normalized spacial score (nSPS) is 29.1. The van der Waals surface area contributed by atoms with Crippen molar-refractivity contribution in [2.45, 2.75) is 42.2 Å². The molecule has 9 rings (SSSR count). The van der Waals surface area contributed by atoms with Gasteiger partial charge in [-0.1, -0.05) is 6.07 Å². The molecule has 5 atom stereocenters. The second kappa shape index (κ2) is 7.78. The summed E-state index contributed by atoms with van der Waals surface area (Å²) in [5, 5.41) is 53.6. The number of ketones is 1. The van der Waals surface area contributed by atoms with Crippen molar-refractivity contribution in [1.29, 1.82) is 0 Å². The maximum Gasteiger partial charge on any atom is 0.272 e. The number of phenolic OH excluding ortho intramolecular Hbond substituents is 5. The Morgan fingerprint density at radius 2 is 1.52 bits per heavy atom. The van der Waals surface area contributed by atoms with Crippen LogP contribution in [0.1, 0.15) is 41.9 Å². The molecule has 0 radical (unpaired) electrons. The number of rotatable bonds is 2. The molecule has 220 valence electrons. The van der Waals surface area contributed by atoms with Crippen LogP contribution in [-0.2, 0) is 15.3 Å². The van der Waals surface area contributed by atoms with Gasteiger partial charge in [0.05, 0.1) is 11.5 Å². The van der Waals surface area contributed by atoms with Crippen LogP contribution in [0.5, 0.6) is 40.2 Å². The van der Waals surface area contributed by atoms with Gasteiger partial charge in [-0.15, -0.1) is 0 Å². The molecule has 1 aliphatic carbocycles. The Hall–Kier alpha value is -5.35. The Kier molecular flexibility index (Phi) is 4.45. The quantitative estimate of drug-likeness (QED) is 0.162. The molecule has 4 aliphatic rings. The molecule has 5 unspecified atom stereocenters. The van der Waals surface area contributed by atoms with Gasteiger partial charge in [0, 0.05) is 52.6 Å². The largest absolute Gasteiger partial charge is 0.508 e. The van der Waals surface area contributed by atoms with Crippen molar-refractivity contribution in [3.05, 3.63) is 89.5 Å². The molecule has 2 bridgehead atoms. The number of phenols is 5. The van der Waals surface area contributed by atoms with E-state index in [0.717, 1.165) is 5.39 Å². The highest BCUT2D eigenvalue weighted by Gasteiger charge is 2.88. The predicted molar refractivity (Wildman–Crippen MR) is 153 cm³/mol. The first kappa shape index (κ1) is 25.2. The molecule has 1 aromatic heterocycles. The summed E-state index contributed by atoms with van der Waals surface area (Å²) in [6, 6.07) is 18.4. The zero-order valence-corrected chi connectivity index (χ0v) is 23.1. The Morgan fingerprint density at radius 1 is 0.773 bits per heavy atom. The molecule has 5 N–H and O–H groups in total. The minimum atomic E-state index is -1.68. The minimum absolute atomic E-state index is 0.0239. The van der Waals surface area contributed by atoms with Crippen molar-refractivity contribution in [2.24, 2.45) is 0 Å². The molecule has 44 heavy (non-hydrogen) atoms. The maximum absolute atomic E-state index is 14.6. The van der Waals surface area contributed by atoms with Gasteiger partial charge < -0.3 is 44.2 Å². The lowest BCUT2D eigenvalue weighted by atomic mass is 9.56. The molecule has 10 nitrogen and oxygen atoms in total. The zero-order chi connectivity index (χ0) is 30.3. The Morgan fingerprint density at radius 3 is 2.34 bits per heavy atom. The van der Waals surface area contributed by atoms with Crippen LogP contribution in [0, 0.1) is 0 Å². The first-order valence-corrected chi connectivity index (χ1v) is 14.1. The molecule has 1 saturated heterocycles. The average molecular weight is 593 g/mol. The van der Waals surface area contributed by atoms with Crippen molar-refractivity contribution in [2.75, 3.05) is 0 Å². The first-order chi connectivity index (χ1) is 21.0. The Balaban J connectivity index is 1.30. The SMILES string of the molecule is CC12CC(c3ccc(O)cc3O1)C13OC1(c1ccc(O)cc1O)Oc1cc(-c4cc5ccc(O)cc5o4)cc(O)c1C3C2=O. The molecule has 4 aromatic carbocycles. The second-order valence-corrected chi connectivity index (χ2v) is 12.2. The van der Waals surface area contributed by atoms with E-state index in [1.807, 2.05) is 0 Å². The van der Waals surface area contributed by atoms with Gasteiger partial charge >= 0.3 is 0 Å². The molecular weight excluding hydrogens is 568 g/mol. The van der Waals surface area contributed by atoms with Crippen LogP contribution in [-0.4, -0.2) is 42.5 Å². The number of carbonyl (C=O) groups is 1. The highest BCUT2D eigenvalue weighted by molar-refractivity contribution is 5.99. The topological polar surface area (TPSA) is 162 Å². The number of ether oxygens (including phenoxy) is 3. The van der Waals surface area contributed by atoms with Gasteiger partial charge in [0.15, 0.2) is 17.0 Å². The number of Topliss-reactive ketones (excluding diaryl/α,β-unsaturated/α-hetero) is 1. The lowest BCUT2D eigenvalue weighted by Crippen LogP contribution is -2.61.